The van der Waals surface area contributed by atoms with Gasteiger partial charge in [-0.2, -0.15) is 134 Å². The average molecular weight is 1350 g/mol. The summed E-state index contributed by atoms with van der Waals surface area (Å²) < 4.78 is 157. The predicted octanol–water partition coefficient (Wildman–Crippen LogP) is 9.96. The van der Waals surface area contributed by atoms with Gasteiger partial charge in [-0.05, 0) is 84.9 Å². The van der Waals surface area contributed by atoms with Gasteiger partial charge in [0.2, 0.25) is 0 Å². The first-order chi connectivity index (χ1) is 40.0. The highest BCUT2D eigenvalue weighted by Gasteiger charge is 2.21. The highest BCUT2D eigenvalue weighted by molar-refractivity contribution is 8.04. The normalized spacial score (nSPS) is 14.2. The minimum atomic E-state index is -0.560. The second-order valence-corrected chi connectivity index (χ2v) is 26.7. The Morgan fingerprint density at radius 1 is 0.235 bits per heavy atom. The van der Waals surface area contributed by atoms with E-state index in [4.69, 9.17) is 47.4 Å². The first-order valence-corrected chi connectivity index (χ1v) is 35.3. The fraction of sp³-hybridized carbons (Fsp3) is 1.00. The molecule has 0 spiro atoms. The van der Waals surface area contributed by atoms with Crippen LogP contribution < -0.4 is 0 Å². The molecular weight excluding hydrogens is 1260 g/mol. The van der Waals surface area contributed by atoms with Crippen molar-refractivity contribution >= 4 is 94.1 Å². The monoisotopic (exact) mass is 1350 g/mol. The van der Waals surface area contributed by atoms with Crippen LogP contribution in [0.2, 0.25) is 0 Å². The van der Waals surface area contributed by atoms with E-state index in [0.29, 0.717) is 148 Å². The molecule has 81 heavy (non-hydrogen) atoms. The Bertz CT molecular complexity index is 1220. The predicted molar refractivity (Wildman–Crippen MR) is 310 cm³/mol. The fourth-order valence-corrected chi connectivity index (χ4v) is 15.0. The van der Waals surface area contributed by atoms with Crippen LogP contribution in [0, 0.1) is 0 Å². The van der Waals surface area contributed by atoms with Crippen LogP contribution in [0.25, 0.3) is 0 Å². The summed E-state index contributed by atoms with van der Waals surface area (Å²) in [4.78, 5) is 29.3. The lowest BCUT2D eigenvalue weighted by Crippen LogP contribution is -2.33. The molecule has 18 nitrogen and oxygen atoms in total. The minimum Gasteiger partial charge on any atom is -0.378 e. The molecule has 0 aromatic heterocycles. The van der Waals surface area contributed by atoms with Crippen molar-refractivity contribution in [3.05, 3.63) is 0 Å². The fourth-order valence-electron chi connectivity index (χ4n) is 6.00. The van der Waals surface area contributed by atoms with E-state index in [1.165, 1.54) is 0 Å². The molecule has 0 N–H and O–H groups in total. The van der Waals surface area contributed by atoms with Crippen LogP contribution in [0.5, 0.6) is 0 Å². The Kier molecular flexibility index (Phi) is 71.9. The zero-order valence-corrected chi connectivity index (χ0v) is 52.6. The molecule has 488 valence electrons. The van der Waals surface area contributed by atoms with Crippen LogP contribution in [0.1, 0.15) is 25.7 Å². The minimum absolute atomic E-state index is 0.00199. The third kappa shape index (κ3) is 61.5. The SMILES string of the molecule is FOCCCSCC(COCC(COCOCC(COCC(CSCCOCCOF)SCCOCCOF)OCC(CSCCOCCOF)SCCOCCOF)OCC(CSCCCOF)SCCCOF)SCCCOF. The zero-order chi connectivity index (χ0) is 58.8. The molecule has 0 rings (SSSR count). The van der Waals surface area contributed by atoms with Crippen LogP contribution in [0.3, 0.4) is 0 Å². The zero-order valence-electron chi connectivity index (χ0n) is 46.1. The lowest BCUT2D eigenvalue weighted by molar-refractivity contribution is -0.145. The van der Waals surface area contributed by atoms with Crippen LogP contribution >= 0.6 is 94.1 Å². The van der Waals surface area contributed by atoms with E-state index in [1.807, 2.05) is 0 Å². The Morgan fingerprint density at radius 3 is 0.864 bits per heavy atom. The lowest BCUT2D eigenvalue weighted by Gasteiger charge is -2.25. The van der Waals surface area contributed by atoms with Crippen LogP contribution in [0.15, 0.2) is 0 Å². The van der Waals surface area contributed by atoms with Gasteiger partial charge in [0.05, 0.1) is 132 Å². The van der Waals surface area contributed by atoms with Crippen molar-refractivity contribution in [3.63, 3.8) is 0 Å². The number of hydrogen-bond acceptors (Lipinski definition) is 26. The molecule has 34 heteroatoms. The third-order valence-electron chi connectivity index (χ3n) is 9.82. The lowest BCUT2D eigenvalue weighted by atomic mass is 10.4. The summed E-state index contributed by atoms with van der Waals surface area (Å²) in [5.74, 6) is 7.82. The molecule has 0 aliphatic rings. The number of thioether (sulfide) groups is 8. The van der Waals surface area contributed by atoms with E-state index < -0.39 is 12.2 Å². The molecule has 0 bridgehead atoms. The maximum Gasteiger partial charge on any atom is 0.146 e. The van der Waals surface area contributed by atoms with E-state index in [0.717, 1.165) is 0 Å². The van der Waals surface area contributed by atoms with Crippen molar-refractivity contribution in [1.82, 2.24) is 0 Å². The Balaban J connectivity index is 6.20. The van der Waals surface area contributed by atoms with Crippen molar-refractivity contribution < 1.29 is 123 Å². The van der Waals surface area contributed by atoms with Gasteiger partial charge in [-0.1, -0.05) is 0 Å². The summed E-state index contributed by atoms with van der Waals surface area (Å²) in [5, 5.41) is -0.00563. The number of rotatable bonds is 72. The Labute approximate surface area is 507 Å². The molecule has 0 amide bonds. The standard InChI is InChI=1S/C47H88F8O18S8/c48-66-5-1-21-74-37-44(78-23-3-7-68-50)33-60-29-42(64-35-46(79-24-4-8-69-51)39-75-22-2-6-67-49)31-62-41-63-32-43(65-36-47(81-28-20-59-12-16-73-55)40-77-26-18-57-10-14-71-53)30-61-34-45(80-27-19-58-11-15-72-54)38-76-25-17-56-9-13-70-52/h42-47H,1-41H2. The summed E-state index contributed by atoms with van der Waals surface area (Å²) in [7, 11) is 0. The summed E-state index contributed by atoms with van der Waals surface area (Å²) in [6.07, 6.45) is 0.944. The van der Waals surface area contributed by atoms with Crippen molar-refractivity contribution in [2.45, 2.75) is 58.9 Å². The molecule has 6 unspecified atom stereocenters. The van der Waals surface area contributed by atoms with Crippen LogP contribution in [-0.4, -0.2) is 268 Å². The van der Waals surface area contributed by atoms with Gasteiger partial charge < -0.3 is 47.4 Å². The van der Waals surface area contributed by atoms with Crippen LogP contribution in [-0.2, 0) is 86.9 Å². The van der Waals surface area contributed by atoms with E-state index in [9.17, 15) is 36.2 Å². The second kappa shape index (κ2) is 70.6. The molecule has 0 saturated heterocycles. The Morgan fingerprint density at radius 2 is 0.519 bits per heavy atom. The summed E-state index contributed by atoms with van der Waals surface area (Å²) >= 11 is 13.0. The molecule has 0 saturated carbocycles. The van der Waals surface area contributed by atoms with Crippen molar-refractivity contribution in [1.29, 1.82) is 0 Å². The van der Waals surface area contributed by atoms with E-state index >= 15 is 0 Å². The number of halogens is 8. The van der Waals surface area contributed by atoms with Gasteiger partial charge in [0, 0.05) is 67.0 Å². The van der Waals surface area contributed by atoms with Gasteiger partial charge in [0.15, 0.2) is 0 Å². The molecule has 0 aliphatic heterocycles. The highest BCUT2D eigenvalue weighted by Crippen LogP contribution is 2.23. The third-order valence-corrected chi connectivity index (χ3v) is 20.2. The molecule has 0 heterocycles. The highest BCUT2D eigenvalue weighted by atomic mass is 32.2. The maximum atomic E-state index is 12.5. The average Bonchev–Trinajstić information content (AvgIpc) is 3.47. The Hall–Kier alpha value is 1.52. The largest absolute Gasteiger partial charge is 0.378 e. The smallest absolute Gasteiger partial charge is 0.146 e. The van der Waals surface area contributed by atoms with Gasteiger partial charge in [0.25, 0.3) is 0 Å². The van der Waals surface area contributed by atoms with E-state index in [2.05, 4.69) is 39.5 Å². The number of ether oxygens (including phenoxy) is 10. The van der Waals surface area contributed by atoms with E-state index in [-0.39, 0.29) is 134 Å². The van der Waals surface area contributed by atoms with Gasteiger partial charge >= 0.3 is 0 Å². The maximum absolute atomic E-state index is 12.5. The molecule has 0 radical (unpaired) electrons. The van der Waals surface area contributed by atoms with Crippen molar-refractivity contribution in [2.75, 3.05) is 234 Å². The van der Waals surface area contributed by atoms with Crippen molar-refractivity contribution in [3.8, 4) is 0 Å². The second-order valence-electron chi connectivity index (χ2n) is 16.5. The molecule has 6 atom stereocenters. The summed E-state index contributed by atoms with van der Waals surface area (Å²) in [6, 6.07) is 0. The number of hydrogen-bond donors (Lipinski definition) is 0. The van der Waals surface area contributed by atoms with E-state index in [1.54, 1.807) is 94.1 Å². The molecule has 0 fully saturated rings. The molecule has 0 aromatic rings. The quantitative estimate of drug-likeness (QED) is 0.0320. The van der Waals surface area contributed by atoms with Gasteiger partial charge in [-0.25, -0.2) is 0 Å². The molecule has 0 aromatic carbocycles. The molecule has 0 aliphatic carbocycles. The summed E-state index contributed by atoms with van der Waals surface area (Å²) in [6.45, 7) is 2.86. The first-order valence-electron chi connectivity index (χ1n) is 26.5. The van der Waals surface area contributed by atoms with Crippen molar-refractivity contribution in [2.24, 2.45) is 0 Å². The van der Waals surface area contributed by atoms with Gasteiger partial charge in [-0.3, -0.25) is 0 Å². The summed E-state index contributed by atoms with van der Waals surface area (Å²) in [5.41, 5.74) is 0. The molecular formula is C47H88F8O18S8. The topological polar surface area (TPSA) is 166 Å². The van der Waals surface area contributed by atoms with Gasteiger partial charge in [0.1, 0.15) is 45.4 Å². The van der Waals surface area contributed by atoms with Gasteiger partial charge in [-0.15, -0.1) is 0 Å². The first kappa shape index (κ1) is 82.5. The van der Waals surface area contributed by atoms with Crippen LogP contribution in [0.4, 0.5) is 36.2 Å².